The summed E-state index contributed by atoms with van der Waals surface area (Å²) in [5, 5.41) is 7.97. The third kappa shape index (κ3) is 4.81. The fourth-order valence-electron chi connectivity index (χ4n) is 1.42. The predicted molar refractivity (Wildman–Crippen MR) is 78.8 cm³/mol. The molecule has 0 aliphatic carbocycles. The number of nitrogens with one attached hydrogen (secondary N) is 2. The van der Waals surface area contributed by atoms with Crippen LogP contribution in [0, 0.1) is 5.82 Å². The molecule has 1 heterocycles. The van der Waals surface area contributed by atoms with E-state index in [1.54, 1.807) is 17.5 Å². The highest BCUT2D eigenvalue weighted by Gasteiger charge is 2.07. The van der Waals surface area contributed by atoms with E-state index >= 15 is 0 Å². The Morgan fingerprint density at radius 3 is 2.67 bits per heavy atom. The van der Waals surface area contributed by atoms with Crippen LogP contribution in [0.1, 0.15) is 15.2 Å². The first kappa shape index (κ1) is 14.9. The second-order valence-electron chi connectivity index (χ2n) is 4.00. The van der Waals surface area contributed by atoms with Gasteiger partial charge in [0.2, 0.25) is 0 Å². The average Bonchev–Trinajstić information content (AvgIpc) is 3.01. The number of nitrogens with zero attached hydrogens (tertiary/aromatic N) is 1. The molecular formula is C14H12FN3O2S. The van der Waals surface area contributed by atoms with Crippen LogP contribution < -0.4 is 10.7 Å². The van der Waals surface area contributed by atoms with Crippen molar-refractivity contribution in [3.05, 3.63) is 58.0 Å². The van der Waals surface area contributed by atoms with Crippen LogP contribution in [0.25, 0.3) is 0 Å². The van der Waals surface area contributed by atoms with Gasteiger partial charge >= 0.3 is 0 Å². The molecule has 0 aliphatic rings. The number of hydrogen-bond donors (Lipinski definition) is 2. The fourth-order valence-corrected chi connectivity index (χ4v) is 2.06. The number of benzene rings is 1. The van der Waals surface area contributed by atoms with Crippen LogP contribution in [-0.4, -0.2) is 24.6 Å². The maximum atomic E-state index is 12.7. The molecule has 5 nitrogen and oxygen atoms in total. The minimum absolute atomic E-state index is 0.169. The Hall–Kier alpha value is -2.54. The molecule has 0 bridgehead atoms. The topological polar surface area (TPSA) is 70.6 Å². The van der Waals surface area contributed by atoms with Crippen LogP contribution in [0.2, 0.25) is 0 Å². The largest absolute Gasteiger partial charge is 0.342 e. The van der Waals surface area contributed by atoms with Gasteiger partial charge in [0.1, 0.15) is 5.82 Å². The van der Waals surface area contributed by atoms with E-state index in [-0.39, 0.29) is 18.3 Å². The second kappa shape index (κ2) is 7.30. The summed E-state index contributed by atoms with van der Waals surface area (Å²) in [4.78, 5) is 23.6. The average molecular weight is 305 g/mol. The van der Waals surface area contributed by atoms with Crippen molar-refractivity contribution in [1.29, 1.82) is 0 Å². The smallest absolute Gasteiger partial charge is 0.261 e. The third-order valence-electron chi connectivity index (χ3n) is 2.43. The number of halogens is 1. The van der Waals surface area contributed by atoms with Crippen LogP contribution in [-0.2, 0) is 4.79 Å². The first-order valence-corrected chi connectivity index (χ1v) is 6.92. The highest BCUT2D eigenvalue weighted by molar-refractivity contribution is 7.12. The zero-order valence-corrected chi connectivity index (χ0v) is 11.7. The molecule has 0 unspecified atom stereocenters. The van der Waals surface area contributed by atoms with E-state index in [1.807, 2.05) is 0 Å². The molecule has 2 amide bonds. The standard InChI is InChI=1S/C14H12FN3O2S/c15-11-5-3-10(4-6-11)8-17-18-13(19)9-16-14(20)12-2-1-7-21-12/h1-8H,9H2,(H,16,20)(H,18,19)/b17-8+. The molecule has 7 heteroatoms. The normalized spacial score (nSPS) is 10.5. The summed E-state index contributed by atoms with van der Waals surface area (Å²) >= 11 is 1.29. The number of carbonyl (C=O) groups excluding carboxylic acids is 2. The molecule has 0 fully saturated rings. The van der Waals surface area contributed by atoms with E-state index in [4.69, 9.17) is 0 Å². The Labute approximate surface area is 124 Å². The van der Waals surface area contributed by atoms with Crippen LogP contribution in [0.5, 0.6) is 0 Å². The molecule has 0 radical (unpaired) electrons. The highest BCUT2D eigenvalue weighted by atomic mass is 32.1. The lowest BCUT2D eigenvalue weighted by Gasteiger charge is -2.02. The first-order chi connectivity index (χ1) is 10.1. The molecular weight excluding hydrogens is 293 g/mol. The van der Waals surface area contributed by atoms with E-state index in [0.29, 0.717) is 10.4 Å². The molecule has 0 spiro atoms. The van der Waals surface area contributed by atoms with Crippen molar-refractivity contribution in [2.75, 3.05) is 6.54 Å². The van der Waals surface area contributed by atoms with Crippen LogP contribution >= 0.6 is 11.3 Å². The summed E-state index contributed by atoms with van der Waals surface area (Å²) in [5.74, 6) is -1.09. The van der Waals surface area contributed by atoms with E-state index in [2.05, 4.69) is 15.8 Å². The first-order valence-electron chi connectivity index (χ1n) is 6.04. The van der Waals surface area contributed by atoms with Gasteiger partial charge in [-0.3, -0.25) is 9.59 Å². The summed E-state index contributed by atoms with van der Waals surface area (Å²) in [7, 11) is 0. The number of rotatable bonds is 5. The lowest BCUT2D eigenvalue weighted by molar-refractivity contribution is -0.120. The van der Waals surface area contributed by atoms with E-state index in [0.717, 1.165) is 0 Å². The van der Waals surface area contributed by atoms with Gasteiger partial charge in [0.05, 0.1) is 17.6 Å². The third-order valence-corrected chi connectivity index (χ3v) is 3.30. The lowest BCUT2D eigenvalue weighted by Crippen LogP contribution is -2.34. The summed E-state index contributed by atoms with van der Waals surface area (Å²) < 4.78 is 12.7. The molecule has 108 valence electrons. The second-order valence-corrected chi connectivity index (χ2v) is 4.95. The van der Waals surface area contributed by atoms with Gasteiger partial charge in [0, 0.05) is 0 Å². The minimum atomic E-state index is -0.446. The van der Waals surface area contributed by atoms with Gasteiger partial charge in [0.15, 0.2) is 0 Å². The van der Waals surface area contributed by atoms with E-state index in [9.17, 15) is 14.0 Å². The van der Waals surface area contributed by atoms with Gasteiger partial charge < -0.3 is 5.32 Å². The Balaban J connectivity index is 1.74. The highest BCUT2D eigenvalue weighted by Crippen LogP contribution is 2.07. The van der Waals surface area contributed by atoms with Crippen molar-refractivity contribution < 1.29 is 14.0 Å². The monoisotopic (exact) mass is 305 g/mol. The molecule has 0 atom stereocenters. The van der Waals surface area contributed by atoms with Crippen LogP contribution in [0.15, 0.2) is 46.9 Å². The van der Waals surface area contributed by atoms with Gasteiger partial charge in [0.25, 0.3) is 11.8 Å². The Morgan fingerprint density at radius 1 is 1.24 bits per heavy atom. The predicted octanol–water partition coefficient (Wildman–Crippen LogP) is 1.77. The van der Waals surface area contributed by atoms with Crippen molar-refractivity contribution in [3.8, 4) is 0 Å². The number of hydrazone groups is 1. The van der Waals surface area contributed by atoms with E-state index in [1.165, 1.54) is 41.8 Å². The summed E-state index contributed by atoms with van der Waals surface area (Å²) in [6, 6.07) is 9.08. The molecule has 1 aromatic heterocycles. The minimum Gasteiger partial charge on any atom is -0.342 e. The van der Waals surface area contributed by atoms with Gasteiger partial charge in [-0.1, -0.05) is 18.2 Å². The summed E-state index contributed by atoms with van der Waals surface area (Å²) in [6.07, 6.45) is 1.39. The number of thiophene rings is 1. The molecule has 2 rings (SSSR count). The van der Waals surface area contributed by atoms with Crippen LogP contribution in [0.4, 0.5) is 4.39 Å². The molecule has 0 aliphatic heterocycles. The Morgan fingerprint density at radius 2 is 2.00 bits per heavy atom. The number of carbonyl (C=O) groups is 2. The van der Waals surface area contributed by atoms with Crippen molar-refractivity contribution in [1.82, 2.24) is 10.7 Å². The number of amides is 2. The quantitative estimate of drug-likeness (QED) is 0.653. The lowest BCUT2D eigenvalue weighted by atomic mass is 10.2. The SMILES string of the molecule is O=C(CNC(=O)c1cccs1)N/N=C/c1ccc(F)cc1. The van der Waals surface area contributed by atoms with Crippen LogP contribution in [0.3, 0.4) is 0 Å². The summed E-state index contributed by atoms with van der Waals surface area (Å²) in [6.45, 7) is -0.169. The van der Waals surface area contributed by atoms with Gasteiger partial charge in [-0.05, 0) is 29.1 Å². The van der Waals surface area contributed by atoms with Gasteiger partial charge in [-0.15, -0.1) is 11.3 Å². The molecule has 2 aromatic rings. The number of hydrogen-bond acceptors (Lipinski definition) is 4. The van der Waals surface area contributed by atoms with Gasteiger partial charge in [-0.2, -0.15) is 5.10 Å². The molecule has 21 heavy (non-hydrogen) atoms. The molecule has 1 aromatic carbocycles. The molecule has 0 saturated carbocycles. The molecule has 2 N–H and O–H groups in total. The zero-order chi connectivity index (χ0) is 15.1. The van der Waals surface area contributed by atoms with Crippen molar-refractivity contribution in [3.63, 3.8) is 0 Å². The fraction of sp³-hybridized carbons (Fsp3) is 0.0714. The van der Waals surface area contributed by atoms with Crippen molar-refractivity contribution in [2.45, 2.75) is 0 Å². The van der Waals surface area contributed by atoms with Gasteiger partial charge in [-0.25, -0.2) is 9.82 Å². The van der Waals surface area contributed by atoms with Crippen molar-refractivity contribution >= 4 is 29.4 Å². The maximum absolute atomic E-state index is 12.7. The Bertz CT molecular complexity index is 639. The Kier molecular flexibility index (Phi) is 5.16. The zero-order valence-electron chi connectivity index (χ0n) is 10.9. The molecule has 0 saturated heterocycles. The van der Waals surface area contributed by atoms with E-state index < -0.39 is 5.91 Å². The maximum Gasteiger partial charge on any atom is 0.261 e. The van der Waals surface area contributed by atoms with Crippen molar-refractivity contribution in [2.24, 2.45) is 5.10 Å². The summed E-state index contributed by atoms with van der Waals surface area (Å²) in [5.41, 5.74) is 2.92.